The number of carbonyl (C=O) groups is 2. The summed E-state index contributed by atoms with van der Waals surface area (Å²) in [6.45, 7) is 1.44. The second-order valence-electron chi connectivity index (χ2n) is 1.95. The summed E-state index contributed by atoms with van der Waals surface area (Å²) < 4.78 is 0. The van der Waals surface area contributed by atoms with Crippen LogP contribution in [0.5, 0.6) is 0 Å². The molecule has 0 bridgehead atoms. The zero-order chi connectivity index (χ0) is 8.15. The molecule has 0 aliphatic rings. The third-order valence-electron chi connectivity index (χ3n) is 0.936. The third kappa shape index (κ3) is 3.85. The molecule has 0 fully saturated rings. The van der Waals surface area contributed by atoms with Crippen LogP contribution < -0.4 is 16.8 Å². The zero-order valence-electron chi connectivity index (χ0n) is 5.76. The smallest absolute Gasteiger partial charge is 0.236 e. The van der Waals surface area contributed by atoms with Gasteiger partial charge in [-0.3, -0.25) is 9.59 Å². The molecule has 10 heavy (non-hydrogen) atoms. The zero-order valence-corrected chi connectivity index (χ0v) is 5.76. The van der Waals surface area contributed by atoms with Gasteiger partial charge in [-0.1, -0.05) is 0 Å². The minimum atomic E-state index is -0.788. The molecular weight excluding hydrogens is 134 g/mol. The topological polar surface area (TPSA) is 98.2 Å². The van der Waals surface area contributed by atoms with Gasteiger partial charge in [0, 0.05) is 13.5 Å². The summed E-state index contributed by atoms with van der Waals surface area (Å²) >= 11 is 0. The number of nitrogens with one attached hydrogen (secondary N) is 1. The number of rotatable bonds is 3. The predicted molar refractivity (Wildman–Crippen MR) is 35.9 cm³/mol. The van der Waals surface area contributed by atoms with Crippen molar-refractivity contribution in [3.63, 3.8) is 0 Å². The van der Waals surface area contributed by atoms with E-state index in [0.29, 0.717) is 0 Å². The number of carbonyl (C=O) groups excluding carboxylic acids is 2. The van der Waals surface area contributed by atoms with Crippen LogP contribution in [0.2, 0.25) is 0 Å². The molecule has 1 atom stereocenters. The van der Waals surface area contributed by atoms with Crippen molar-refractivity contribution >= 4 is 11.8 Å². The SMILES string of the molecule is CC(=O)NC[C@H](N)C(N)=O. The number of primary amides is 1. The lowest BCUT2D eigenvalue weighted by Gasteiger charge is -2.06. The molecule has 58 valence electrons. The lowest BCUT2D eigenvalue weighted by Crippen LogP contribution is -2.45. The van der Waals surface area contributed by atoms with Crippen LogP contribution in [-0.2, 0) is 9.59 Å². The van der Waals surface area contributed by atoms with Crippen molar-refractivity contribution in [2.24, 2.45) is 11.5 Å². The fourth-order valence-electron chi connectivity index (χ4n) is 0.354. The van der Waals surface area contributed by atoms with E-state index in [2.05, 4.69) is 5.32 Å². The van der Waals surface area contributed by atoms with E-state index in [1.807, 2.05) is 0 Å². The minimum absolute atomic E-state index is 0.102. The Morgan fingerprint density at radius 2 is 2.10 bits per heavy atom. The molecule has 5 nitrogen and oxygen atoms in total. The Balaban J connectivity index is 3.49. The molecule has 0 saturated carbocycles. The Hall–Kier alpha value is -1.10. The normalized spacial score (nSPS) is 12.2. The maximum Gasteiger partial charge on any atom is 0.236 e. The minimum Gasteiger partial charge on any atom is -0.368 e. The molecule has 0 spiro atoms. The van der Waals surface area contributed by atoms with Crippen molar-refractivity contribution in [2.75, 3.05) is 6.54 Å². The molecule has 0 unspecified atom stereocenters. The van der Waals surface area contributed by atoms with Crippen LogP contribution in [0.3, 0.4) is 0 Å². The van der Waals surface area contributed by atoms with Gasteiger partial charge in [0.25, 0.3) is 0 Å². The largest absolute Gasteiger partial charge is 0.368 e. The van der Waals surface area contributed by atoms with Crippen LogP contribution in [0.15, 0.2) is 0 Å². The van der Waals surface area contributed by atoms with Crippen molar-refractivity contribution in [3.8, 4) is 0 Å². The highest BCUT2D eigenvalue weighted by atomic mass is 16.2. The van der Waals surface area contributed by atoms with Gasteiger partial charge in [-0.05, 0) is 0 Å². The number of hydrogen-bond donors (Lipinski definition) is 3. The van der Waals surface area contributed by atoms with Crippen molar-refractivity contribution in [1.29, 1.82) is 0 Å². The summed E-state index contributed by atoms with van der Waals surface area (Å²) in [4.78, 5) is 20.5. The highest BCUT2D eigenvalue weighted by molar-refractivity contribution is 5.81. The molecule has 5 N–H and O–H groups in total. The number of nitrogens with two attached hydrogens (primary N) is 2. The summed E-state index contributed by atoms with van der Waals surface area (Å²) in [7, 11) is 0. The van der Waals surface area contributed by atoms with E-state index in [1.165, 1.54) is 6.92 Å². The summed E-state index contributed by atoms with van der Waals surface area (Å²) in [5.74, 6) is -0.842. The van der Waals surface area contributed by atoms with Crippen molar-refractivity contribution in [3.05, 3.63) is 0 Å². The van der Waals surface area contributed by atoms with Crippen molar-refractivity contribution in [1.82, 2.24) is 5.32 Å². The summed E-state index contributed by atoms with van der Waals surface area (Å²) in [6, 6.07) is -0.788. The van der Waals surface area contributed by atoms with Gasteiger partial charge < -0.3 is 16.8 Å². The second kappa shape index (κ2) is 3.84. The van der Waals surface area contributed by atoms with Crippen LogP contribution in [0.1, 0.15) is 6.92 Å². The summed E-state index contributed by atoms with van der Waals surface area (Å²) in [5.41, 5.74) is 9.98. The highest BCUT2D eigenvalue weighted by Gasteiger charge is 2.07. The van der Waals surface area contributed by atoms with E-state index >= 15 is 0 Å². The summed E-state index contributed by atoms with van der Waals surface area (Å²) in [5, 5.41) is 2.36. The molecule has 0 radical (unpaired) electrons. The average molecular weight is 145 g/mol. The van der Waals surface area contributed by atoms with Gasteiger partial charge >= 0.3 is 0 Å². The quantitative estimate of drug-likeness (QED) is 0.425. The highest BCUT2D eigenvalue weighted by Crippen LogP contribution is 1.71. The molecule has 0 aromatic rings. The molecule has 0 heterocycles. The van der Waals surface area contributed by atoms with Gasteiger partial charge in [0.1, 0.15) is 6.04 Å². The van der Waals surface area contributed by atoms with Gasteiger partial charge in [-0.2, -0.15) is 0 Å². The molecule has 0 saturated heterocycles. The van der Waals surface area contributed by atoms with E-state index < -0.39 is 11.9 Å². The Bertz CT molecular complexity index is 146. The van der Waals surface area contributed by atoms with Crippen molar-refractivity contribution < 1.29 is 9.59 Å². The first-order valence-corrected chi connectivity index (χ1v) is 2.83. The van der Waals surface area contributed by atoms with E-state index in [0.717, 1.165) is 0 Å². The van der Waals surface area contributed by atoms with Crippen LogP contribution in [0, 0.1) is 0 Å². The van der Waals surface area contributed by atoms with Crippen LogP contribution in [0.25, 0.3) is 0 Å². The maximum absolute atomic E-state index is 10.3. The van der Waals surface area contributed by atoms with Gasteiger partial charge in [0.2, 0.25) is 11.8 Å². The monoisotopic (exact) mass is 145 g/mol. The van der Waals surface area contributed by atoms with E-state index in [1.54, 1.807) is 0 Å². The van der Waals surface area contributed by atoms with Crippen LogP contribution >= 0.6 is 0 Å². The molecule has 2 amide bonds. The molecule has 5 heteroatoms. The Kier molecular flexibility index (Phi) is 3.42. The first-order chi connectivity index (χ1) is 4.54. The lowest BCUT2D eigenvalue weighted by atomic mass is 10.3. The van der Waals surface area contributed by atoms with Gasteiger partial charge in [0.15, 0.2) is 0 Å². The van der Waals surface area contributed by atoms with E-state index in [4.69, 9.17) is 11.5 Å². The Morgan fingerprint density at radius 3 is 2.40 bits per heavy atom. The van der Waals surface area contributed by atoms with E-state index in [-0.39, 0.29) is 12.5 Å². The predicted octanol–water partition coefficient (Wildman–Crippen LogP) is -2.06. The standard InChI is InChI=1S/C5H11N3O2/c1-3(9)8-2-4(6)5(7)10/h4H,2,6H2,1H3,(H2,7,10)(H,8,9)/t4-/m0/s1. The molecule has 0 aliphatic carbocycles. The Labute approximate surface area is 58.8 Å². The number of amides is 2. The molecule has 0 rings (SSSR count). The number of hydrogen-bond acceptors (Lipinski definition) is 3. The van der Waals surface area contributed by atoms with Crippen LogP contribution in [-0.4, -0.2) is 24.4 Å². The third-order valence-corrected chi connectivity index (χ3v) is 0.936. The molecule has 0 aromatic heterocycles. The first-order valence-electron chi connectivity index (χ1n) is 2.83. The Morgan fingerprint density at radius 1 is 1.60 bits per heavy atom. The first kappa shape index (κ1) is 8.90. The second-order valence-corrected chi connectivity index (χ2v) is 1.95. The van der Waals surface area contributed by atoms with Crippen molar-refractivity contribution in [2.45, 2.75) is 13.0 Å². The molecular formula is C5H11N3O2. The van der Waals surface area contributed by atoms with Gasteiger partial charge in [-0.15, -0.1) is 0 Å². The fraction of sp³-hybridized carbons (Fsp3) is 0.600. The van der Waals surface area contributed by atoms with Gasteiger partial charge in [-0.25, -0.2) is 0 Å². The van der Waals surface area contributed by atoms with E-state index in [9.17, 15) is 9.59 Å². The van der Waals surface area contributed by atoms with Crippen LogP contribution in [0.4, 0.5) is 0 Å². The molecule has 0 aromatic carbocycles. The maximum atomic E-state index is 10.3. The fourth-order valence-corrected chi connectivity index (χ4v) is 0.354. The average Bonchev–Trinajstić information content (AvgIpc) is 1.82. The lowest BCUT2D eigenvalue weighted by molar-refractivity contribution is -0.120. The van der Waals surface area contributed by atoms with Gasteiger partial charge in [0.05, 0.1) is 0 Å². The summed E-state index contributed by atoms with van der Waals surface area (Å²) in [6.07, 6.45) is 0. The molecule has 0 aliphatic heterocycles.